The molecule has 0 saturated heterocycles. The quantitative estimate of drug-likeness (QED) is 0.786. The second-order valence-corrected chi connectivity index (χ2v) is 4.57. The summed E-state index contributed by atoms with van der Waals surface area (Å²) in [4.78, 5) is 16.6. The van der Waals surface area contributed by atoms with Gasteiger partial charge in [0.25, 0.3) is 0 Å². The Kier molecular flexibility index (Phi) is 3.93. The van der Waals surface area contributed by atoms with Gasteiger partial charge in [0.2, 0.25) is 0 Å². The summed E-state index contributed by atoms with van der Waals surface area (Å²) in [5.41, 5.74) is 2.17. The molecule has 90 valence electrons. The highest BCUT2D eigenvalue weighted by molar-refractivity contribution is 5.02. The predicted octanol–water partition coefficient (Wildman–Crippen LogP) is 2.74. The van der Waals surface area contributed by atoms with E-state index >= 15 is 0 Å². The molecule has 0 bridgehead atoms. The number of nitrogens with one attached hydrogen (secondary N) is 1. The van der Waals surface area contributed by atoms with Crippen LogP contribution in [0, 0.1) is 4.91 Å². The van der Waals surface area contributed by atoms with E-state index in [1.807, 2.05) is 33.8 Å². The van der Waals surface area contributed by atoms with Crippen LogP contribution >= 0.6 is 0 Å². The number of hydrogen-bond acceptors (Lipinski definition) is 3. The van der Waals surface area contributed by atoms with Gasteiger partial charge in [0, 0.05) is 0 Å². The van der Waals surface area contributed by atoms with E-state index in [4.69, 9.17) is 9.25 Å². The van der Waals surface area contributed by atoms with Crippen LogP contribution in [-0.4, -0.2) is 10.6 Å². The van der Waals surface area contributed by atoms with Crippen molar-refractivity contribution in [2.45, 2.75) is 45.8 Å². The summed E-state index contributed by atoms with van der Waals surface area (Å²) in [5.74, 6) is 0.723. The minimum absolute atomic E-state index is 0.171. The van der Waals surface area contributed by atoms with Gasteiger partial charge in [0.1, 0.15) is 16.7 Å². The Hall–Kier alpha value is -1.52. The highest BCUT2D eigenvalue weighted by Gasteiger charge is 2.27. The van der Waals surface area contributed by atoms with Gasteiger partial charge in [0.05, 0.1) is 6.26 Å². The van der Waals surface area contributed by atoms with Crippen molar-refractivity contribution in [3.63, 3.8) is 0 Å². The summed E-state index contributed by atoms with van der Waals surface area (Å²) in [6, 6.07) is 3.45. The molecule has 5 heteroatoms. The maximum Gasteiger partial charge on any atom is 0.358 e. The van der Waals surface area contributed by atoms with E-state index in [1.165, 1.54) is 0 Å². The lowest BCUT2D eigenvalue weighted by Crippen LogP contribution is -2.36. The summed E-state index contributed by atoms with van der Waals surface area (Å²) in [7, 11) is 0. The van der Waals surface area contributed by atoms with Crippen molar-refractivity contribution in [2.24, 2.45) is 0 Å². The maximum absolute atomic E-state index is 11.5. The third-order valence-corrected chi connectivity index (χ3v) is 1.91. The molecule has 0 saturated carbocycles. The number of hydrazine groups is 1. The first kappa shape index (κ1) is 12.5. The Morgan fingerprint density at radius 1 is 1.56 bits per heavy atom. The minimum atomic E-state index is -0.518. The van der Waals surface area contributed by atoms with Crippen LogP contribution in [0.1, 0.15) is 45.9 Å². The zero-order valence-corrected chi connectivity index (χ0v) is 10.2. The number of rotatable bonds is 5. The van der Waals surface area contributed by atoms with Crippen LogP contribution in [0.4, 0.5) is 0 Å². The van der Waals surface area contributed by atoms with Crippen LogP contribution in [-0.2, 0) is 4.84 Å². The number of furan rings is 1. The van der Waals surface area contributed by atoms with Crippen LogP contribution in [0.2, 0.25) is 0 Å². The van der Waals surface area contributed by atoms with E-state index < -0.39 is 5.60 Å². The number of hydrogen-bond donors (Lipinski definition) is 1. The molecule has 1 rings (SSSR count). The normalized spacial score (nSPS) is 13.2. The molecule has 1 unspecified atom stereocenters. The summed E-state index contributed by atoms with van der Waals surface area (Å²) in [5, 5.41) is 0.399. The Balaban J connectivity index is 2.55. The monoisotopic (exact) mass is 227 g/mol. The predicted molar refractivity (Wildman–Crippen MR) is 59.3 cm³/mol. The molecule has 0 aliphatic carbocycles. The first-order valence-corrected chi connectivity index (χ1v) is 5.38. The topological polar surface area (TPSA) is 54.5 Å². The fourth-order valence-corrected chi connectivity index (χ4v) is 1.25. The molecular weight excluding hydrogens is 208 g/mol. The van der Waals surface area contributed by atoms with Crippen molar-refractivity contribution >= 4 is 0 Å². The van der Waals surface area contributed by atoms with Crippen LogP contribution in [0.15, 0.2) is 22.8 Å². The van der Waals surface area contributed by atoms with Gasteiger partial charge >= 0.3 is 5.03 Å². The maximum atomic E-state index is 11.5. The Morgan fingerprint density at radius 2 is 2.25 bits per heavy atom. The summed E-state index contributed by atoms with van der Waals surface area (Å²) in [6.07, 6.45) is 2.32. The number of nitrogens with zero attached hydrogens (tertiary/aromatic N) is 1. The molecule has 1 atom stereocenters. The van der Waals surface area contributed by atoms with Gasteiger partial charge in [-0.1, -0.05) is 12.3 Å². The van der Waals surface area contributed by atoms with E-state index in [2.05, 4.69) is 5.43 Å². The average Bonchev–Trinajstić information content (AvgIpc) is 2.63. The Bertz CT molecular complexity index is 327. The Morgan fingerprint density at radius 3 is 2.69 bits per heavy atom. The summed E-state index contributed by atoms with van der Waals surface area (Å²) < 4.78 is 5.23. The van der Waals surface area contributed by atoms with E-state index in [1.54, 1.807) is 12.3 Å². The Labute approximate surface area is 95.3 Å². The van der Waals surface area contributed by atoms with E-state index in [-0.39, 0.29) is 6.04 Å². The lowest BCUT2D eigenvalue weighted by molar-refractivity contribution is -0.863. The first-order chi connectivity index (χ1) is 7.42. The van der Waals surface area contributed by atoms with Crippen molar-refractivity contribution in [2.75, 3.05) is 0 Å². The van der Waals surface area contributed by atoms with Gasteiger partial charge in [-0.15, -0.1) is 0 Å². The largest absolute Gasteiger partial charge is 0.467 e. The third kappa shape index (κ3) is 3.92. The molecule has 0 radical (unpaired) electrons. The van der Waals surface area contributed by atoms with Crippen molar-refractivity contribution in [1.82, 2.24) is 5.43 Å². The molecule has 1 N–H and O–H groups in total. The molecular formula is C11H19N2O3+. The molecule has 0 aromatic carbocycles. The lowest BCUT2D eigenvalue weighted by Gasteiger charge is -2.13. The first-order valence-electron chi connectivity index (χ1n) is 5.38. The van der Waals surface area contributed by atoms with Crippen molar-refractivity contribution in [1.29, 1.82) is 0 Å². The molecule has 1 aromatic heterocycles. The summed E-state index contributed by atoms with van der Waals surface area (Å²) >= 11 is 0. The van der Waals surface area contributed by atoms with Gasteiger partial charge in [-0.05, 0) is 39.3 Å². The van der Waals surface area contributed by atoms with Crippen LogP contribution in [0.25, 0.3) is 0 Å². The molecule has 0 amide bonds. The lowest BCUT2D eigenvalue weighted by atomic mass is 10.2. The zero-order chi connectivity index (χ0) is 12.2. The van der Waals surface area contributed by atoms with Gasteiger partial charge in [0.15, 0.2) is 5.60 Å². The fourth-order valence-electron chi connectivity index (χ4n) is 1.25. The second kappa shape index (κ2) is 5.01. The van der Waals surface area contributed by atoms with Crippen molar-refractivity contribution in [3.8, 4) is 0 Å². The standard InChI is InChI=1S/C11H19N2O3/c1-5-9(10-7-6-8-15-10)12-13(14)16-11(2,3)4/h6-9H,5H2,1-4H3,(H,12,14)/q+1. The average molecular weight is 227 g/mol. The molecule has 0 aliphatic rings. The molecule has 5 nitrogen and oxygen atoms in total. The van der Waals surface area contributed by atoms with Gasteiger partial charge in [-0.2, -0.15) is 4.84 Å². The fraction of sp³-hybridized carbons (Fsp3) is 0.636. The van der Waals surface area contributed by atoms with Crippen LogP contribution < -0.4 is 5.43 Å². The second-order valence-electron chi connectivity index (χ2n) is 4.57. The smallest absolute Gasteiger partial charge is 0.358 e. The molecule has 0 aliphatic heterocycles. The molecule has 16 heavy (non-hydrogen) atoms. The van der Waals surface area contributed by atoms with Gasteiger partial charge in [-0.25, -0.2) is 0 Å². The van der Waals surface area contributed by atoms with Gasteiger partial charge in [-0.3, -0.25) is 0 Å². The SMILES string of the molecule is CCC(N[N+](=O)OC(C)(C)C)c1ccco1. The molecule has 0 fully saturated rings. The van der Waals surface area contributed by atoms with Crippen LogP contribution in [0.5, 0.6) is 0 Å². The van der Waals surface area contributed by atoms with E-state index in [9.17, 15) is 4.91 Å². The summed E-state index contributed by atoms with van der Waals surface area (Å²) in [6.45, 7) is 7.40. The molecule has 0 spiro atoms. The highest BCUT2D eigenvalue weighted by Crippen LogP contribution is 2.17. The zero-order valence-electron chi connectivity index (χ0n) is 10.2. The minimum Gasteiger partial charge on any atom is -0.467 e. The van der Waals surface area contributed by atoms with Crippen molar-refractivity contribution in [3.05, 3.63) is 29.1 Å². The third-order valence-electron chi connectivity index (χ3n) is 1.91. The van der Waals surface area contributed by atoms with E-state index in [0.717, 1.165) is 12.2 Å². The van der Waals surface area contributed by atoms with Gasteiger partial charge < -0.3 is 4.42 Å². The van der Waals surface area contributed by atoms with E-state index in [0.29, 0.717) is 5.03 Å². The highest BCUT2D eigenvalue weighted by atomic mass is 16.8. The van der Waals surface area contributed by atoms with Crippen molar-refractivity contribution < 1.29 is 14.3 Å². The van der Waals surface area contributed by atoms with Crippen LogP contribution in [0.3, 0.4) is 0 Å². The molecule has 1 aromatic rings. The molecule has 1 heterocycles.